The number of nitrogens with one attached hydrogen (secondary N) is 1. The van der Waals surface area contributed by atoms with Crippen LogP contribution >= 0.6 is 0 Å². The van der Waals surface area contributed by atoms with Crippen molar-refractivity contribution in [3.8, 4) is 0 Å². The molecule has 1 rings (SSSR count). The third-order valence-electron chi connectivity index (χ3n) is 3.70. The summed E-state index contributed by atoms with van der Waals surface area (Å²) >= 11 is 0. The van der Waals surface area contributed by atoms with E-state index < -0.39 is 9.84 Å². The normalized spacial score (nSPS) is 13.6. The Labute approximate surface area is 129 Å². The molecule has 1 aromatic rings. The predicted molar refractivity (Wildman–Crippen MR) is 87.4 cm³/mol. The lowest BCUT2D eigenvalue weighted by Crippen LogP contribution is -2.21. The van der Waals surface area contributed by atoms with Gasteiger partial charge in [-0.3, -0.25) is 4.68 Å². The zero-order chi connectivity index (χ0) is 16.0. The molecule has 0 spiro atoms. The number of nitrogens with zero attached hydrogens (tertiary/aromatic N) is 2. The van der Waals surface area contributed by atoms with Crippen LogP contribution in [0.2, 0.25) is 0 Å². The molecule has 21 heavy (non-hydrogen) atoms. The molecule has 5 nitrogen and oxygen atoms in total. The Morgan fingerprint density at radius 1 is 1.19 bits per heavy atom. The van der Waals surface area contributed by atoms with E-state index in [1.54, 1.807) is 0 Å². The molecule has 1 N–H and O–H groups in total. The fourth-order valence-electron chi connectivity index (χ4n) is 2.66. The van der Waals surface area contributed by atoms with Gasteiger partial charge in [0.15, 0.2) is 9.84 Å². The van der Waals surface area contributed by atoms with Gasteiger partial charge in [-0.15, -0.1) is 0 Å². The smallest absolute Gasteiger partial charge is 0.152 e. The van der Waals surface area contributed by atoms with Crippen LogP contribution < -0.4 is 5.32 Å². The highest BCUT2D eigenvalue weighted by atomic mass is 32.2. The van der Waals surface area contributed by atoms with Crippen molar-refractivity contribution in [3.05, 3.63) is 17.0 Å². The van der Waals surface area contributed by atoms with E-state index in [4.69, 9.17) is 0 Å². The number of hydrogen-bond donors (Lipinski definition) is 1. The van der Waals surface area contributed by atoms with Crippen LogP contribution in [0.3, 0.4) is 0 Å². The molecular weight excluding hydrogens is 286 g/mol. The zero-order valence-corrected chi connectivity index (χ0v) is 14.8. The standard InChI is InChI=1S/C15H29N3O2S/c1-6-8-16-12(3)15-13(4)17-18(14(15)5)9-11-21(19,20)10-7-2/h12,16H,6-11H2,1-5H3. The van der Waals surface area contributed by atoms with Gasteiger partial charge < -0.3 is 5.32 Å². The summed E-state index contributed by atoms with van der Waals surface area (Å²) < 4.78 is 25.5. The number of rotatable bonds is 9. The van der Waals surface area contributed by atoms with E-state index in [0.717, 1.165) is 24.4 Å². The van der Waals surface area contributed by atoms with Gasteiger partial charge in [0.2, 0.25) is 0 Å². The van der Waals surface area contributed by atoms with Gasteiger partial charge in [0, 0.05) is 23.1 Å². The van der Waals surface area contributed by atoms with Crippen LogP contribution in [0.5, 0.6) is 0 Å². The highest BCUT2D eigenvalue weighted by molar-refractivity contribution is 7.91. The third kappa shape index (κ3) is 5.11. The van der Waals surface area contributed by atoms with Gasteiger partial charge in [0.05, 0.1) is 18.0 Å². The number of sulfone groups is 1. The molecule has 1 unspecified atom stereocenters. The molecule has 0 aliphatic heterocycles. The topological polar surface area (TPSA) is 64.0 Å². The Bertz CT molecular complexity index is 550. The molecule has 0 saturated heterocycles. The molecule has 0 saturated carbocycles. The molecule has 0 aliphatic rings. The largest absolute Gasteiger partial charge is 0.310 e. The lowest BCUT2D eigenvalue weighted by atomic mass is 10.1. The summed E-state index contributed by atoms with van der Waals surface area (Å²) in [4.78, 5) is 0. The number of hydrogen-bond acceptors (Lipinski definition) is 4. The maximum Gasteiger partial charge on any atom is 0.152 e. The molecule has 0 fully saturated rings. The van der Waals surface area contributed by atoms with Gasteiger partial charge in [0.25, 0.3) is 0 Å². The molecule has 6 heteroatoms. The van der Waals surface area contributed by atoms with Crippen LogP contribution in [0.25, 0.3) is 0 Å². The van der Waals surface area contributed by atoms with Crippen LogP contribution in [0.15, 0.2) is 0 Å². The minimum absolute atomic E-state index is 0.166. The monoisotopic (exact) mass is 315 g/mol. The van der Waals surface area contributed by atoms with Crippen LogP contribution in [0.1, 0.15) is 56.6 Å². The Kier molecular flexibility index (Phi) is 6.87. The van der Waals surface area contributed by atoms with E-state index in [1.165, 1.54) is 5.56 Å². The summed E-state index contributed by atoms with van der Waals surface area (Å²) in [5.74, 6) is 0.423. The van der Waals surface area contributed by atoms with Crippen LogP contribution in [0.4, 0.5) is 0 Å². The SMILES string of the molecule is CCCNC(C)c1c(C)nn(CCS(=O)(=O)CCC)c1C. The van der Waals surface area contributed by atoms with Crippen molar-refractivity contribution in [1.82, 2.24) is 15.1 Å². The Hall–Kier alpha value is -0.880. The summed E-state index contributed by atoms with van der Waals surface area (Å²) in [7, 11) is -2.96. The summed E-state index contributed by atoms with van der Waals surface area (Å²) in [6, 6.07) is 0.242. The van der Waals surface area contributed by atoms with Crippen LogP contribution in [0, 0.1) is 13.8 Å². The van der Waals surface area contributed by atoms with E-state index in [9.17, 15) is 8.42 Å². The van der Waals surface area contributed by atoms with Crippen molar-refractivity contribution in [2.75, 3.05) is 18.1 Å². The van der Waals surface area contributed by atoms with Gasteiger partial charge in [-0.05, 0) is 40.2 Å². The minimum atomic E-state index is -2.96. The Morgan fingerprint density at radius 2 is 1.86 bits per heavy atom. The minimum Gasteiger partial charge on any atom is -0.310 e. The molecule has 0 aromatic carbocycles. The summed E-state index contributed by atoms with van der Waals surface area (Å²) in [5.41, 5.74) is 3.24. The molecule has 0 bridgehead atoms. The van der Waals surface area contributed by atoms with E-state index in [1.807, 2.05) is 25.5 Å². The lowest BCUT2D eigenvalue weighted by Gasteiger charge is -2.14. The second-order valence-corrected chi connectivity index (χ2v) is 7.94. The maximum atomic E-state index is 11.8. The first-order valence-corrected chi connectivity index (χ1v) is 9.62. The summed E-state index contributed by atoms with van der Waals surface area (Å²) in [6.45, 7) is 11.6. The zero-order valence-electron chi connectivity index (χ0n) is 13.9. The maximum absolute atomic E-state index is 11.8. The van der Waals surface area contributed by atoms with Gasteiger partial charge >= 0.3 is 0 Å². The quantitative estimate of drug-likeness (QED) is 0.760. The van der Waals surface area contributed by atoms with Gasteiger partial charge in [-0.25, -0.2) is 8.42 Å². The van der Waals surface area contributed by atoms with Gasteiger partial charge in [0.1, 0.15) is 0 Å². The molecule has 1 atom stereocenters. The number of aromatic nitrogens is 2. The lowest BCUT2D eigenvalue weighted by molar-refractivity contribution is 0.560. The predicted octanol–water partition coefficient (Wildman–Crippen LogP) is 2.39. The Morgan fingerprint density at radius 3 is 2.43 bits per heavy atom. The molecule has 0 amide bonds. The van der Waals surface area contributed by atoms with Crippen LogP contribution in [-0.4, -0.2) is 36.2 Å². The molecular formula is C15H29N3O2S. The second kappa shape index (κ2) is 7.94. The van der Waals surface area contributed by atoms with E-state index in [0.29, 0.717) is 13.0 Å². The molecule has 1 aromatic heterocycles. The van der Waals surface area contributed by atoms with E-state index in [-0.39, 0.29) is 17.5 Å². The highest BCUT2D eigenvalue weighted by Crippen LogP contribution is 2.21. The van der Waals surface area contributed by atoms with Crippen molar-refractivity contribution >= 4 is 9.84 Å². The average molecular weight is 315 g/mol. The first kappa shape index (κ1) is 18.2. The van der Waals surface area contributed by atoms with Crippen molar-refractivity contribution in [3.63, 3.8) is 0 Å². The molecule has 122 valence electrons. The fraction of sp³-hybridized carbons (Fsp3) is 0.800. The molecule has 0 aliphatic carbocycles. The molecule has 1 heterocycles. The van der Waals surface area contributed by atoms with Crippen molar-refractivity contribution in [2.24, 2.45) is 0 Å². The molecule has 0 radical (unpaired) electrons. The number of aryl methyl sites for hydroxylation is 2. The first-order chi connectivity index (χ1) is 9.82. The van der Waals surface area contributed by atoms with Gasteiger partial charge in [-0.1, -0.05) is 13.8 Å². The van der Waals surface area contributed by atoms with Crippen molar-refractivity contribution in [1.29, 1.82) is 0 Å². The first-order valence-electron chi connectivity index (χ1n) is 7.80. The fourth-order valence-corrected chi connectivity index (χ4v) is 3.93. The second-order valence-electron chi connectivity index (χ2n) is 5.64. The summed E-state index contributed by atoms with van der Waals surface area (Å²) in [5, 5.41) is 7.98. The Balaban J connectivity index is 2.82. The van der Waals surface area contributed by atoms with Crippen molar-refractivity contribution < 1.29 is 8.42 Å². The average Bonchev–Trinajstić information content (AvgIpc) is 2.68. The highest BCUT2D eigenvalue weighted by Gasteiger charge is 2.18. The van der Waals surface area contributed by atoms with E-state index in [2.05, 4.69) is 24.3 Å². The van der Waals surface area contributed by atoms with Crippen LogP contribution in [-0.2, 0) is 16.4 Å². The van der Waals surface area contributed by atoms with Gasteiger partial charge in [-0.2, -0.15) is 5.10 Å². The van der Waals surface area contributed by atoms with E-state index >= 15 is 0 Å². The summed E-state index contributed by atoms with van der Waals surface area (Å²) in [6.07, 6.45) is 1.76. The third-order valence-corrected chi connectivity index (χ3v) is 5.54. The van der Waals surface area contributed by atoms with Crippen molar-refractivity contribution in [2.45, 2.75) is 60.0 Å².